The highest BCUT2D eigenvalue weighted by molar-refractivity contribution is 5.68. The fourth-order valence-corrected chi connectivity index (χ4v) is 6.33. The number of hydrogen-bond donors (Lipinski definition) is 2. The molecule has 3 unspecified atom stereocenters. The van der Waals surface area contributed by atoms with Crippen LogP contribution >= 0.6 is 0 Å². The number of nitrogens with one attached hydrogen (secondary N) is 2. The van der Waals surface area contributed by atoms with Gasteiger partial charge >= 0.3 is 6.18 Å². The van der Waals surface area contributed by atoms with E-state index in [9.17, 15) is 13.2 Å². The second kappa shape index (κ2) is 11.2. The van der Waals surface area contributed by atoms with Gasteiger partial charge in [0.15, 0.2) is 5.82 Å². The van der Waals surface area contributed by atoms with Crippen LogP contribution in [-0.4, -0.2) is 88.5 Å². The number of fused-ring (bicyclic) bond motifs is 1. The minimum atomic E-state index is -4.30. The Kier molecular flexibility index (Phi) is 7.47. The van der Waals surface area contributed by atoms with Crippen LogP contribution in [0.25, 0.3) is 11.4 Å². The number of epoxide rings is 1. The molecule has 2 saturated heterocycles. The number of halogens is 3. The van der Waals surface area contributed by atoms with Crippen molar-refractivity contribution in [2.45, 2.75) is 69.2 Å². The average Bonchev–Trinajstić information content (AvgIpc) is 3.95. The summed E-state index contributed by atoms with van der Waals surface area (Å²) in [7, 11) is 3.31. The molecular weight excluding hydrogens is 573 g/mol. The molecule has 3 atom stereocenters. The van der Waals surface area contributed by atoms with Crippen molar-refractivity contribution in [3.63, 3.8) is 0 Å². The summed E-state index contributed by atoms with van der Waals surface area (Å²) < 4.78 is 51.5. The van der Waals surface area contributed by atoms with Crippen LogP contribution in [0.1, 0.15) is 53.8 Å². The van der Waals surface area contributed by atoms with Gasteiger partial charge < -0.3 is 14.8 Å². The molecule has 0 bridgehead atoms. The summed E-state index contributed by atoms with van der Waals surface area (Å²) in [6.07, 6.45) is 0.449. The van der Waals surface area contributed by atoms with Crippen LogP contribution in [-0.2, 0) is 29.9 Å². The van der Waals surface area contributed by atoms with E-state index in [4.69, 9.17) is 19.4 Å². The molecule has 13 heteroatoms. The van der Waals surface area contributed by atoms with Gasteiger partial charge in [0.1, 0.15) is 23.8 Å². The van der Waals surface area contributed by atoms with Gasteiger partial charge in [-0.25, -0.2) is 19.9 Å². The Labute approximate surface area is 254 Å². The van der Waals surface area contributed by atoms with Crippen molar-refractivity contribution in [3.05, 3.63) is 58.7 Å². The quantitative estimate of drug-likeness (QED) is 0.348. The third-order valence-electron chi connectivity index (χ3n) is 9.27. The highest BCUT2D eigenvalue weighted by Crippen LogP contribution is 2.45. The van der Waals surface area contributed by atoms with Crippen LogP contribution in [0, 0.1) is 0 Å². The van der Waals surface area contributed by atoms with E-state index in [1.165, 1.54) is 6.33 Å². The molecule has 0 radical (unpaired) electrons. The number of rotatable bonds is 9. The number of nitrogens with zero attached hydrogens (tertiary/aromatic N) is 6. The summed E-state index contributed by atoms with van der Waals surface area (Å²) in [5.74, 6) is 2.13. The third kappa shape index (κ3) is 5.73. The molecule has 1 saturated carbocycles. The van der Waals surface area contributed by atoms with E-state index < -0.39 is 17.9 Å². The van der Waals surface area contributed by atoms with Gasteiger partial charge in [-0.3, -0.25) is 15.1 Å². The smallest absolute Gasteiger partial charge is 0.405 e. The predicted molar refractivity (Wildman–Crippen MR) is 157 cm³/mol. The van der Waals surface area contributed by atoms with Crippen molar-refractivity contribution in [2.75, 3.05) is 45.7 Å². The Morgan fingerprint density at radius 3 is 2.59 bits per heavy atom. The van der Waals surface area contributed by atoms with Crippen molar-refractivity contribution in [3.8, 4) is 17.3 Å². The van der Waals surface area contributed by atoms with Gasteiger partial charge in [-0.1, -0.05) is 24.3 Å². The second-order valence-corrected chi connectivity index (χ2v) is 12.4. The van der Waals surface area contributed by atoms with Gasteiger partial charge in [0.05, 0.1) is 36.9 Å². The van der Waals surface area contributed by atoms with E-state index in [0.717, 1.165) is 78.4 Å². The second-order valence-electron chi connectivity index (χ2n) is 12.4. The van der Waals surface area contributed by atoms with Crippen LogP contribution in [0.15, 0.2) is 30.6 Å². The summed E-state index contributed by atoms with van der Waals surface area (Å²) >= 11 is 0. The van der Waals surface area contributed by atoms with Gasteiger partial charge in [-0.05, 0) is 37.9 Å². The van der Waals surface area contributed by atoms with Gasteiger partial charge in [0, 0.05) is 50.6 Å². The summed E-state index contributed by atoms with van der Waals surface area (Å²) in [5, 5.41) is 6.35. The van der Waals surface area contributed by atoms with Crippen molar-refractivity contribution in [1.29, 1.82) is 0 Å². The molecule has 0 spiro atoms. The van der Waals surface area contributed by atoms with Crippen LogP contribution in [0.5, 0.6) is 5.88 Å². The lowest BCUT2D eigenvalue weighted by Gasteiger charge is -2.33. The van der Waals surface area contributed by atoms with E-state index >= 15 is 0 Å². The summed E-state index contributed by atoms with van der Waals surface area (Å²) in [5.41, 5.74) is 4.57. The maximum atomic E-state index is 13.4. The lowest BCUT2D eigenvalue weighted by Crippen LogP contribution is -2.48. The number of ether oxygens (including phenoxy) is 2. The lowest BCUT2D eigenvalue weighted by molar-refractivity contribution is -0.151. The van der Waals surface area contributed by atoms with E-state index in [1.54, 1.807) is 26.0 Å². The monoisotopic (exact) mass is 610 g/mol. The molecule has 10 nitrogen and oxygen atoms in total. The number of hydrogen-bond acceptors (Lipinski definition) is 10. The molecule has 5 heterocycles. The normalized spacial score (nSPS) is 25.6. The SMILES string of the molecule is COc1ncnc(C2CC2)c1-c1nc2c(c(NCc3ccc(C4(C)NC(C(F)(F)F)CN4C)cc3)n1)CN(CC1CO1)CC2. The molecule has 4 aliphatic rings. The Balaban J connectivity index is 1.16. The summed E-state index contributed by atoms with van der Waals surface area (Å²) in [6.45, 7) is 5.45. The lowest BCUT2D eigenvalue weighted by atomic mass is 9.99. The van der Waals surface area contributed by atoms with Gasteiger partial charge in [-0.2, -0.15) is 13.2 Å². The van der Waals surface area contributed by atoms with Crippen molar-refractivity contribution in [2.24, 2.45) is 0 Å². The average molecular weight is 611 g/mol. The fourth-order valence-electron chi connectivity index (χ4n) is 6.33. The topological polar surface area (TPSA) is 104 Å². The molecule has 44 heavy (non-hydrogen) atoms. The number of anilines is 1. The third-order valence-corrected chi connectivity index (χ3v) is 9.27. The Hall–Kier alpha value is -3.39. The Morgan fingerprint density at radius 1 is 1.16 bits per heavy atom. The number of aromatic nitrogens is 4. The molecule has 234 valence electrons. The van der Waals surface area contributed by atoms with Gasteiger partial charge in [0.2, 0.25) is 5.88 Å². The molecular formula is C31H37F3N8O2. The molecule has 1 aliphatic carbocycles. The molecule has 3 fully saturated rings. The first-order chi connectivity index (χ1) is 21.1. The van der Waals surface area contributed by atoms with Crippen LogP contribution in [0.2, 0.25) is 0 Å². The number of benzene rings is 1. The first-order valence-corrected chi connectivity index (χ1v) is 15.1. The largest absolute Gasteiger partial charge is 0.480 e. The predicted octanol–water partition coefficient (Wildman–Crippen LogP) is 3.83. The molecule has 1 aromatic carbocycles. The standard InChI is InChI=1S/C31H37F3N8O2/c1-30(40-24(15-41(30)2)31(32,33)34)20-8-4-18(5-9-20)12-35-27-22-14-42(13-21-16-44-21)11-10-23(22)38-28(39-27)25-26(19-6-7-19)36-17-37-29(25)43-3/h4-5,8-9,17,19,21,24,40H,6-7,10-16H2,1-3H3,(H,35,38,39). The first kappa shape index (κ1) is 29.3. The Morgan fingerprint density at radius 2 is 1.93 bits per heavy atom. The van der Waals surface area contributed by atoms with E-state index in [-0.39, 0.29) is 6.54 Å². The summed E-state index contributed by atoms with van der Waals surface area (Å²) in [4.78, 5) is 23.2. The van der Waals surface area contributed by atoms with Crippen molar-refractivity contribution < 1.29 is 22.6 Å². The van der Waals surface area contributed by atoms with E-state index in [1.807, 2.05) is 24.3 Å². The van der Waals surface area contributed by atoms with Gasteiger partial charge in [0.25, 0.3) is 0 Å². The molecule has 3 aliphatic heterocycles. The zero-order valence-corrected chi connectivity index (χ0v) is 25.1. The molecule has 0 amide bonds. The summed E-state index contributed by atoms with van der Waals surface area (Å²) in [6, 6.07) is 6.12. The minimum absolute atomic E-state index is 0.103. The number of alkyl halides is 3. The molecule has 2 aromatic heterocycles. The maximum absolute atomic E-state index is 13.4. The molecule has 2 N–H and O–H groups in total. The van der Waals surface area contributed by atoms with Crippen LogP contribution in [0.4, 0.5) is 19.0 Å². The maximum Gasteiger partial charge on any atom is 0.405 e. The highest BCUT2D eigenvalue weighted by atomic mass is 19.4. The number of likely N-dealkylation sites (N-methyl/N-ethyl adjacent to an activating group) is 1. The van der Waals surface area contributed by atoms with E-state index in [2.05, 4.69) is 25.5 Å². The van der Waals surface area contributed by atoms with Gasteiger partial charge in [-0.15, -0.1) is 0 Å². The zero-order chi connectivity index (χ0) is 30.6. The fraction of sp³-hybridized carbons (Fsp3) is 0.548. The highest BCUT2D eigenvalue weighted by Gasteiger charge is 2.51. The Bertz CT molecular complexity index is 1530. The molecule has 7 rings (SSSR count). The first-order valence-electron chi connectivity index (χ1n) is 15.1. The minimum Gasteiger partial charge on any atom is -0.480 e. The molecule has 3 aromatic rings. The van der Waals surface area contributed by atoms with Crippen LogP contribution in [0.3, 0.4) is 0 Å². The zero-order valence-electron chi connectivity index (χ0n) is 25.1. The number of methoxy groups -OCH3 is 1. The van der Waals surface area contributed by atoms with Crippen molar-refractivity contribution in [1.82, 2.24) is 35.1 Å². The van der Waals surface area contributed by atoms with E-state index in [0.29, 0.717) is 36.8 Å². The van der Waals surface area contributed by atoms with Crippen molar-refractivity contribution >= 4 is 5.82 Å². The van der Waals surface area contributed by atoms with Crippen LogP contribution < -0.4 is 15.4 Å².